The van der Waals surface area contributed by atoms with E-state index in [1.165, 1.54) is 10.9 Å². The van der Waals surface area contributed by atoms with E-state index in [-0.39, 0.29) is 22.6 Å². The third kappa shape index (κ3) is 5.27. The minimum Gasteiger partial charge on any atom is -0.387 e. The molecule has 4 aromatic heterocycles. The van der Waals surface area contributed by atoms with Gasteiger partial charge in [0.1, 0.15) is 53.9 Å². The third-order valence-corrected chi connectivity index (χ3v) is 9.41. The van der Waals surface area contributed by atoms with Crippen LogP contribution >= 0.6 is 15.6 Å². The normalized spacial score (nSPS) is 37.7. The van der Waals surface area contributed by atoms with Crippen LogP contribution in [0.1, 0.15) is 12.5 Å². The lowest BCUT2D eigenvalue weighted by Gasteiger charge is -2.26. The number of aromatic amines is 1. The Hall–Kier alpha value is -3.24. The number of nitrogens with one attached hydrogen (secondary N) is 1. The number of aromatic nitrogens is 7. The summed E-state index contributed by atoms with van der Waals surface area (Å²) in [5.41, 5.74) is 5.00. The maximum Gasteiger partial charge on any atom is 0.472 e. The van der Waals surface area contributed by atoms with Crippen LogP contribution in [-0.4, -0.2) is 104 Å². The van der Waals surface area contributed by atoms with Crippen molar-refractivity contribution in [2.45, 2.75) is 49.1 Å². The second-order valence-corrected chi connectivity index (χ2v) is 13.0. The van der Waals surface area contributed by atoms with Crippen molar-refractivity contribution >= 4 is 43.7 Å². The lowest BCUT2D eigenvalue weighted by atomic mass is 10.1. The van der Waals surface area contributed by atoms with Gasteiger partial charge >= 0.3 is 15.6 Å². The largest absolute Gasteiger partial charge is 0.472 e. The number of rotatable bonds is 2. The van der Waals surface area contributed by atoms with Crippen molar-refractivity contribution in [3.05, 3.63) is 41.3 Å². The van der Waals surface area contributed by atoms with E-state index in [2.05, 4.69) is 24.9 Å². The predicted molar refractivity (Wildman–Crippen MR) is 141 cm³/mol. The maximum atomic E-state index is 14.7. The SMILES string of the molecule is Nc1ncnc2c1ncn2[C@@H]1O[C@@H]2COP(=O)(O)O[C@@H]3[C@H](O)[C@@H](COP(=O)(O)O[C@H]2[C@H]1O)O[C@H]3n1cc(F)c2c(=O)[nH]cnc21. The van der Waals surface area contributed by atoms with Crippen molar-refractivity contribution in [1.82, 2.24) is 34.1 Å². The van der Waals surface area contributed by atoms with Gasteiger partial charge in [-0.25, -0.2) is 33.5 Å². The second-order valence-electron chi connectivity index (χ2n) is 10.2. The molecule has 0 saturated carbocycles. The molecule has 242 valence electrons. The number of phosphoric acid groups is 2. The number of fused-ring (bicyclic) bond motifs is 5. The van der Waals surface area contributed by atoms with Crippen LogP contribution in [0, 0.1) is 5.82 Å². The van der Waals surface area contributed by atoms with E-state index in [1.54, 1.807) is 0 Å². The molecular formula is C21H23FN8O13P2. The zero-order valence-corrected chi connectivity index (χ0v) is 24.1. The highest BCUT2D eigenvalue weighted by molar-refractivity contribution is 7.47. The van der Waals surface area contributed by atoms with Crippen LogP contribution in [0.4, 0.5) is 10.2 Å². The Balaban J connectivity index is 1.21. The Morgan fingerprint density at radius 1 is 0.911 bits per heavy atom. The lowest BCUT2D eigenvalue weighted by Crippen LogP contribution is -2.36. The molecule has 0 spiro atoms. The van der Waals surface area contributed by atoms with E-state index in [1.807, 2.05) is 0 Å². The second kappa shape index (κ2) is 10.9. The van der Waals surface area contributed by atoms with E-state index < -0.39 is 94.7 Å². The van der Waals surface area contributed by atoms with E-state index in [0.717, 1.165) is 23.4 Å². The fourth-order valence-corrected chi connectivity index (χ4v) is 7.31. The number of nitrogens with two attached hydrogens (primary N) is 1. The molecule has 4 aromatic rings. The highest BCUT2D eigenvalue weighted by atomic mass is 31.2. The van der Waals surface area contributed by atoms with Crippen LogP contribution in [0.15, 0.2) is 30.0 Å². The Labute approximate surface area is 248 Å². The van der Waals surface area contributed by atoms with Gasteiger partial charge in [0.2, 0.25) is 0 Å². The van der Waals surface area contributed by atoms with Gasteiger partial charge in [0.15, 0.2) is 35.4 Å². The van der Waals surface area contributed by atoms with Gasteiger partial charge in [-0.15, -0.1) is 0 Å². The van der Waals surface area contributed by atoms with E-state index in [9.17, 15) is 38.3 Å². The maximum absolute atomic E-state index is 14.7. The zero-order valence-electron chi connectivity index (χ0n) is 22.3. The van der Waals surface area contributed by atoms with Crippen LogP contribution < -0.4 is 11.3 Å². The Kier molecular flexibility index (Phi) is 7.39. The molecule has 2 bridgehead atoms. The molecule has 0 aromatic carbocycles. The average Bonchev–Trinajstić information content (AvgIpc) is 3.71. The van der Waals surface area contributed by atoms with Crippen molar-refractivity contribution < 1.29 is 61.1 Å². The molecule has 0 radical (unpaired) electrons. The van der Waals surface area contributed by atoms with E-state index in [0.29, 0.717) is 0 Å². The predicted octanol–water partition coefficient (Wildman–Crippen LogP) is -1.18. The number of H-pyrrole nitrogens is 1. The standard InChI is InChI=1S/C21H23FN8O13P2/c22-7-1-29(17-10(7)19(33)27-5-25-17)21-15-12(31)8(40-21)2-38-44(34,35)42-14-9(3-39-45(36,37)43-15)41-20(13(14)32)30-6-28-11-16(23)24-4-26-18(11)30/h1,4-6,8-9,12-15,20-21,31-32H,2-3H2,(H,34,35)(H,36,37)(H2,23,24,26)(H,25,27,33)/t8-,9-,12-,13-,14-,15-,20-,21-/m1/s1. The molecule has 2 unspecified atom stereocenters. The molecule has 45 heavy (non-hydrogen) atoms. The molecule has 0 aliphatic carbocycles. The first-order valence-electron chi connectivity index (χ1n) is 13.0. The number of nitrogens with zero attached hydrogens (tertiary/aromatic N) is 6. The molecule has 7 heterocycles. The Morgan fingerprint density at radius 2 is 1.60 bits per heavy atom. The highest BCUT2D eigenvalue weighted by Gasteiger charge is 2.54. The zero-order chi connectivity index (χ0) is 31.8. The van der Waals surface area contributed by atoms with Crippen molar-refractivity contribution in [3.63, 3.8) is 0 Å². The van der Waals surface area contributed by atoms with Crippen molar-refractivity contribution in [3.8, 4) is 0 Å². The van der Waals surface area contributed by atoms with Gasteiger partial charge < -0.3 is 44.8 Å². The van der Waals surface area contributed by atoms with Crippen LogP contribution in [0.5, 0.6) is 0 Å². The van der Waals surface area contributed by atoms with E-state index >= 15 is 0 Å². The number of phosphoric ester groups is 2. The van der Waals surface area contributed by atoms with Gasteiger partial charge in [0.05, 0.1) is 25.9 Å². The Bertz CT molecular complexity index is 1940. The van der Waals surface area contributed by atoms with Gasteiger partial charge in [0, 0.05) is 6.20 Å². The monoisotopic (exact) mass is 676 g/mol. The number of aliphatic hydroxyl groups is 2. The number of ether oxygens (including phenoxy) is 2. The van der Waals surface area contributed by atoms with Gasteiger partial charge in [-0.3, -0.25) is 27.5 Å². The summed E-state index contributed by atoms with van der Waals surface area (Å²) in [6.45, 7) is -1.73. The summed E-state index contributed by atoms with van der Waals surface area (Å²) < 4.78 is 75.3. The first kappa shape index (κ1) is 30.4. The molecule has 3 aliphatic heterocycles. The number of hydrogen-bond donors (Lipinski definition) is 6. The first-order valence-corrected chi connectivity index (χ1v) is 16.0. The summed E-state index contributed by atoms with van der Waals surface area (Å²) in [5.74, 6) is -1.00. The van der Waals surface area contributed by atoms with Crippen molar-refractivity contribution in [2.24, 2.45) is 0 Å². The first-order chi connectivity index (χ1) is 21.3. The van der Waals surface area contributed by atoms with Crippen LogP contribution in [0.2, 0.25) is 0 Å². The van der Waals surface area contributed by atoms with Crippen LogP contribution in [-0.2, 0) is 36.7 Å². The van der Waals surface area contributed by atoms with Crippen LogP contribution in [0.3, 0.4) is 0 Å². The topological polar surface area (TPSA) is 291 Å². The quantitative estimate of drug-likeness (QED) is 0.136. The molecule has 0 amide bonds. The summed E-state index contributed by atoms with van der Waals surface area (Å²) in [4.78, 5) is 51.5. The summed E-state index contributed by atoms with van der Waals surface area (Å²) in [6.07, 6.45) is -8.97. The average molecular weight is 676 g/mol. The molecule has 3 saturated heterocycles. The summed E-state index contributed by atoms with van der Waals surface area (Å²) in [6, 6.07) is 0. The van der Waals surface area contributed by atoms with Crippen molar-refractivity contribution in [1.29, 1.82) is 0 Å². The molecule has 3 fully saturated rings. The third-order valence-electron chi connectivity index (χ3n) is 7.44. The molecule has 7 N–H and O–H groups in total. The number of aliphatic hydroxyl groups excluding tert-OH is 2. The summed E-state index contributed by atoms with van der Waals surface area (Å²) in [7, 11) is -10.3. The molecular weight excluding hydrogens is 653 g/mol. The molecule has 21 nitrogen and oxygen atoms in total. The number of nitrogen functional groups attached to an aromatic ring is 1. The number of halogens is 1. The molecule has 24 heteroatoms. The van der Waals surface area contributed by atoms with Crippen LogP contribution in [0.25, 0.3) is 22.2 Å². The number of imidazole rings is 1. The smallest absolute Gasteiger partial charge is 0.387 e. The van der Waals surface area contributed by atoms with E-state index in [4.69, 9.17) is 33.3 Å². The molecule has 10 atom stereocenters. The van der Waals surface area contributed by atoms with Crippen molar-refractivity contribution in [2.75, 3.05) is 18.9 Å². The van der Waals surface area contributed by atoms with Gasteiger partial charge in [-0.05, 0) is 0 Å². The highest BCUT2D eigenvalue weighted by Crippen LogP contribution is 2.53. The van der Waals surface area contributed by atoms with Gasteiger partial charge in [0.25, 0.3) is 5.56 Å². The summed E-state index contributed by atoms with van der Waals surface area (Å²) >= 11 is 0. The van der Waals surface area contributed by atoms with Gasteiger partial charge in [-0.1, -0.05) is 0 Å². The summed E-state index contributed by atoms with van der Waals surface area (Å²) in [5, 5.41) is 21.6. The number of anilines is 1. The fraction of sp³-hybridized carbons (Fsp3) is 0.476. The minimum absolute atomic E-state index is 0.0237. The minimum atomic E-state index is -5.16. The number of hydrogen-bond acceptors (Lipinski definition) is 16. The molecule has 7 rings (SSSR count). The fourth-order valence-electron chi connectivity index (χ4n) is 5.41. The Morgan fingerprint density at radius 3 is 2.36 bits per heavy atom. The molecule has 3 aliphatic rings. The lowest BCUT2D eigenvalue weighted by molar-refractivity contribution is -0.0671. The van der Waals surface area contributed by atoms with Gasteiger partial charge in [-0.2, -0.15) is 0 Å².